The molecule has 1 unspecified atom stereocenters. The number of rotatable bonds is 5. The van der Waals surface area contributed by atoms with Gasteiger partial charge in [-0.05, 0) is 45.9 Å². The van der Waals surface area contributed by atoms with Gasteiger partial charge in [-0.15, -0.1) is 0 Å². The van der Waals surface area contributed by atoms with Crippen LogP contribution in [0.4, 0.5) is 4.79 Å². The predicted molar refractivity (Wildman–Crippen MR) is 94.1 cm³/mol. The van der Waals surface area contributed by atoms with E-state index in [1.165, 1.54) is 19.1 Å². The Balaban J connectivity index is 3.08. The fraction of sp³-hybridized carbons (Fsp3) is 0.400. The fourth-order valence-electron chi connectivity index (χ4n) is 1.80. The molecule has 0 spiro atoms. The van der Waals surface area contributed by atoms with Crippen molar-refractivity contribution < 1.29 is 27.5 Å². The van der Waals surface area contributed by atoms with Crippen molar-refractivity contribution >= 4 is 39.5 Å². The lowest BCUT2D eigenvalue weighted by atomic mass is 10.1. The molecule has 0 radical (unpaired) electrons. The van der Waals surface area contributed by atoms with Crippen LogP contribution in [0.25, 0.3) is 0 Å². The van der Waals surface area contributed by atoms with E-state index in [1.54, 1.807) is 26.1 Å². The van der Waals surface area contributed by atoms with E-state index in [1.807, 2.05) is 0 Å². The van der Waals surface area contributed by atoms with Gasteiger partial charge >= 0.3 is 12.0 Å². The summed E-state index contributed by atoms with van der Waals surface area (Å²) in [6.45, 7) is 6.17. The summed E-state index contributed by atoms with van der Waals surface area (Å²) in [7, 11) is -4.00. The second-order valence-corrected chi connectivity index (χ2v) is 8.46. The Kier molecular flexibility index (Phi) is 6.75. The molecule has 0 saturated carbocycles. The number of nitrogens with one attached hydrogen (secondary N) is 2. The molecule has 11 heteroatoms. The van der Waals surface area contributed by atoms with E-state index in [-0.39, 0.29) is 15.5 Å². The number of hydrogen-bond donors (Lipinski definition) is 3. The third-order valence-electron chi connectivity index (χ3n) is 2.80. The Hall–Kier alpha value is -2.17. The summed E-state index contributed by atoms with van der Waals surface area (Å²) in [5.74, 6) is -1.89. The highest BCUT2D eigenvalue weighted by molar-refractivity contribution is 7.89. The molecule has 3 amide bonds. The third kappa shape index (κ3) is 6.28. The lowest BCUT2D eigenvalue weighted by molar-refractivity contribution is -0.127. The average Bonchev–Trinajstić information content (AvgIpc) is 2.43. The molecular weight excluding hydrogens is 386 g/mol. The number of hydrogen-bond acceptors (Lipinski definition) is 6. The standard InChI is InChI=1S/C15H20ClN3O6S/c1-8(12(20)18-14(17)22)25-13(21)9-5-6-10(16)11(7-9)26(23,24)19-15(2,3)4/h5-8,19H,1-4H3,(H3,17,18,20,22). The van der Waals surface area contributed by atoms with Crippen LogP contribution in [-0.4, -0.2) is 38.0 Å². The molecular formula is C15H20ClN3O6S. The molecule has 1 aromatic rings. The first-order valence-corrected chi connectivity index (χ1v) is 9.24. The molecule has 0 aromatic heterocycles. The summed E-state index contributed by atoms with van der Waals surface area (Å²) >= 11 is 5.94. The van der Waals surface area contributed by atoms with Gasteiger partial charge < -0.3 is 10.5 Å². The summed E-state index contributed by atoms with van der Waals surface area (Å²) < 4.78 is 32.2. The fourth-order valence-corrected chi connectivity index (χ4v) is 3.74. The van der Waals surface area contributed by atoms with Crippen molar-refractivity contribution in [3.05, 3.63) is 28.8 Å². The first-order chi connectivity index (χ1) is 11.7. The van der Waals surface area contributed by atoms with Crippen molar-refractivity contribution in [1.29, 1.82) is 0 Å². The summed E-state index contributed by atoms with van der Waals surface area (Å²) in [6.07, 6.45) is -1.32. The summed E-state index contributed by atoms with van der Waals surface area (Å²) in [6, 6.07) is 2.42. The molecule has 0 aliphatic carbocycles. The van der Waals surface area contributed by atoms with Gasteiger partial charge in [-0.1, -0.05) is 11.6 Å². The molecule has 0 bridgehead atoms. The first kappa shape index (κ1) is 21.9. The quantitative estimate of drug-likeness (QED) is 0.626. The second-order valence-electron chi connectivity index (χ2n) is 6.40. The third-order valence-corrected chi connectivity index (χ3v) is 5.04. The number of amides is 3. The minimum absolute atomic E-state index is 0.0854. The van der Waals surface area contributed by atoms with Gasteiger partial charge in [-0.3, -0.25) is 10.1 Å². The predicted octanol–water partition coefficient (Wildman–Crippen LogP) is 1.16. The van der Waals surface area contributed by atoms with Gasteiger partial charge in [0.05, 0.1) is 10.6 Å². The number of urea groups is 1. The molecule has 26 heavy (non-hydrogen) atoms. The zero-order valence-corrected chi connectivity index (χ0v) is 16.2. The molecule has 144 valence electrons. The highest BCUT2D eigenvalue weighted by Crippen LogP contribution is 2.24. The zero-order valence-electron chi connectivity index (χ0n) is 14.6. The molecule has 0 aliphatic rings. The zero-order chi connectivity index (χ0) is 20.3. The van der Waals surface area contributed by atoms with Crippen LogP contribution in [0.1, 0.15) is 38.1 Å². The van der Waals surface area contributed by atoms with Gasteiger partial charge in [0.25, 0.3) is 5.91 Å². The summed E-state index contributed by atoms with van der Waals surface area (Å²) in [4.78, 5) is 34.0. The number of sulfonamides is 1. The Labute approximate surface area is 156 Å². The van der Waals surface area contributed by atoms with Crippen molar-refractivity contribution in [2.75, 3.05) is 0 Å². The van der Waals surface area contributed by atoms with E-state index in [9.17, 15) is 22.8 Å². The number of carbonyl (C=O) groups is 3. The van der Waals surface area contributed by atoms with Crippen LogP contribution in [0.15, 0.2) is 23.1 Å². The Morgan fingerprint density at radius 3 is 2.31 bits per heavy atom. The highest BCUT2D eigenvalue weighted by Gasteiger charge is 2.26. The molecule has 0 aliphatic heterocycles. The number of imide groups is 1. The van der Waals surface area contributed by atoms with Gasteiger partial charge in [0, 0.05) is 5.54 Å². The number of carbonyl (C=O) groups excluding carboxylic acids is 3. The van der Waals surface area contributed by atoms with E-state index >= 15 is 0 Å². The van der Waals surface area contributed by atoms with Gasteiger partial charge in [0.1, 0.15) is 4.90 Å². The average molecular weight is 406 g/mol. The number of ether oxygens (including phenoxy) is 1. The van der Waals surface area contributed by atoms with Gasteiger partial charge in [-0.2, -0.15) is 0 Å². The van der Waals surface area contributed by atoms with Crippen LogP contribution in [-0.2, 0) is 19.6 Å². The first-order valence-electron chi connectivity index (χ1n) is 7.38. The van der Waals surface area contributed by atoms with Crippen molar-refractivity contribution in [2.45, 2.75) is 44.2 Å². The van der Waals surface area contributed by atoms with Crippen molar-refractivity contribution in [2.24, 2.45) is 5.73 Å². The molecule has 4 N–H and O–H groups in total. The van der Waals surface area contributed by atoms with E-state index in [2.05, 4.69) is 4.72 Å². The largest absolute Gasteiger partial charge is 0.449 e. The van der Waals surface area contributed by atoms with E-state index in [0.29, 0.717) is 0 Å². The maximum absolute atomic E-state index is 12.4. The van der Waals surface area contributed by atoms with Crippen LogP contribution in [0, 0.1) is 0 Å². The monoisotopic (exact) mass is 405 g/mol. The normalized spacial score (nSPS) is 13.0. The molecule has 0 saturated heterocycles. The molecule has 0 fully saturated rings. The van der Waals surface area contributed by atoms with Gasteiger partial charge in [-0.25, -0.2) is 22.7 Å². The Morgan fingerprint density at radius 2 is 1.81 bits per heavy atom. The lowest BCUT2D eigenvalue weighted by Crippen LogP contribution is -2.42. The summed E-state index contributed by atoms with van der Waals surface area (Å²) in [5, 5.41) is 1.68. The van der Waals surface area contributed by atoms with Crippen LogP contribution < -0.4 is 15.8 Å². The smallest absolute Gasteiger partial charge is 0.338 e. The van der Waals surface area contributed by atoms with Crippen LogP contribution >= 0.6 is 11.6 Å². The van der Waals surface area contributed by atoms with E-state index in [4.69, 9.17) is 22.1 Å². The Bertz CT molecular complexity index is 832. The Morgan fingerprint density at radius 1 is 1.23 bits per heavy atom. The van der Waals surface area contributed by atoms with Crippen LogP contribution in [0.3, 0.4) is 0 Å². The number of benzene rings is 1. The van der Waals surface area contributed by atoms with Crippen molar-refractivity contribution in [1.82, 2.24) is 10.0 Å². The minimum atomic E-state index is -4.00. The lowest BCUT2D eigenvalue weighted by Gasteiger charge is -2.21. The highest BCUT2D eigenvalue weighted by atomic mass is 35.5. The topological polar surface area (TPSA) is 145 Å². The van der Waals surface area contributed by atoms with E-state index < -0.39 is 39.6 Å². The molecule has 1 rings (SSSR count). The number of halogens is 1. The second kappa shape index (κ2) is 8.02. The van der Waals surface area contributed by atoms with Crippen molar-refractivity contribution in [3.8, 4) is 0 Å². The van der Waals surface area contributed by atoms with Gasteiger partial charge in [0.15, 0.2) is 6.10 Å². The van der Waals surface area contributed by atoms with Gasteiger partial charge in [0.2, 0.25) is 10.0 Å². The molecule has 0 heterocycles. The maximum Gasteiger partial charge on any atom is 0.338 e. The molecule has 9 nitrogen and oxygen atoms in total. The van der Waals surface area contributed by atoms with E-state index in [0.717, 1.165) is 6.07 Å². The molecule has 1 aromatic carbocycles. The summed E-state index contributed by atoms with van der Waals surface area (Å²) in [5.41, 5.74) is 3.91. The minimum Gasteiger partial charge on any atom is -0.449 e. The van der Waals surface area contributed by atoms with Crippen molar-refractivity contribution in [3.63, 3.8) is 0 Å². The maximum atomic E-state index is 12.4. The number of esters is 1. The SMILES string of the molecule is CC(OC(=O)c1ccc(Cl)c(S(=O)(=O)NC(C)(C)C)c1)C(=O)NC(N)=O. The molecule has 1 atom stereocenters. The number of primary amides is 1. The van der Waals surface area contributed by atoms with Crippen LogP contribution in [0.5, 0.6) is 0 Å². The van der Waals surface area contributed by atoms with Crippen LogP contribution in [0.2, 0.25) is 5.02 Å². The number of nitrogens with two attached hydrogens (primary N) is 1.